The molecule has 0 radical (unpaired) electrons. The number of carbonyl (C=O) groups is 1. The molecule has 1 rings (SSSR count). The second-order valence-corrected chi connectivity index (χ2v) is 4.17. The van der Waals surface area contributed by atoms with Crippen LogP contribution in [-0.2, 0) is 11.8 Å². The van der Waals surface area contributed by atoms with Gasteiger partial charge in [-0.05, 0) is 5.92 Å². The van der Waals surface area contributed by atoms with E-state index in [2.05, 4.69) is 5.10 Å². The van der Waals surface area contributed by atoms with Crippen LogP contribution < -0.4 is 0 Å². The summed E-state index contributed by atoms with van der Waals surface area (Å²) in [6.45, 7) is 5.88. The van der Waals surface area contributed by atoms with E-state index >= 15 is 0 Å². The number of hydrogen-bond donors (Lipinski definition) is 0. The fourth-order valence-corrected chi connectivity index (χ4v) is 2.01. The Hall–Kier alpha value is -0.830. The molecule has 0 saturated heterocycles. The van der Waals surface area contributed by atoms with E-state index in [4.69, 9.17) is 11.6 Å². The Labute approximate surface area is 89.1 Å². The molecule has 1 heterocycles. The Bertz CT molecular complexity index is 344. The standard InChI is InChI=1S/C10H15ClN2O/c1-6(2)9-8(11)10(7(3)5-14)13(4)12-9/h5-7H,1-4H3. The van der Waals surface area contributed by atoms with E-state index in [0.717, 1.165) is 17.7 Å². The smallest absolute Gasteiger partial charge is 0.128 e. The van der Waals surface area contributed by atoms with Crippen molar-refractivity contribution >= 4 is 17.9 Å². The summed E-state index contributed by atoms with van der Waals surface area (Å²) in [5.41, 5.74) is 1.66. The van der Waals surface area contributed by atoms with Gasteiger partial charge in [0.1, 0.15) is 6.29 Å². The minimum atomic E-state index is -0.201. The lowest BCUT2D eigenvalue weighted by molar-refractivity contribution is -0.108. The van der Waals surface area contributed by atoms with Gasteiger partial charge in [-0.1, -0.05) is 32.4 Å². The molecule has 3 nitrogen and oxygen atoms in total. The van der Waals surface area contributed by atoms with Gasteiger partial charge >= 0.3 is 0 Å². The number of aryl methyl sites for hydroxylation is 1. The van der Waals surface area contributed by atoms with E-state index in [-0.39, 0.29) is 11.8 Å². The predicted molar refractivity (Wildman–Crippen MR) is 56.8 cm³/mol. The van der Waals surface area contributed by atoms with Gasteiger partial charge in [0.2, 0.25) is 0 Å². The van der Waals surface area contributed by atoms with Crippen molar-refractivity contribution in [1.82, 2.24) is 9.78 Å². The molecular weight excluding hydrogens is 200 g/mol. The second-order valence-electron chi connectivity index (χ2n) is 3.79. The van der Waals surface area contributed by atoms with Crippen molar-refractivity contribution in [1.29, 1.82) is 0 Å². The van der Waals surface area contributed by atoms with Crippen LogP contribution >= 0.6 is 11.6 Å². The van der Waals surface area contributed by atoms with Crippen molar-refractivity contribution in [2.75, 3.05) is 0 Å². The summed E-state index contributed by atoms with van der Waals surface area (Å²) in [5.74, 6) is 0.0776. The fraction of sp³-hybridized carbons (Fsp3) is 0.600. The number of rotatable bonds is 3. The molecule has 1 unspecified atom stereocenters. The summed E-state index contributed by atoms with van der Waals surface area (Å²) in [6.07, 6.45) is 0.882. The average molecular weight is 215 g/mol. The maximum Gasteiger partial charge on any atom is 0.128 e. The van der Waals surface area contributed by atoms with Crippen molar-refractivity contribution < 1.29 is 4.79 Å². The van der Waals surface area contributed by atoms with Crippen molar-refractivity contribution in [2.24, 2.45) is 7.05 Å². The van der Waals surface area contributed by atoms with Gasteiger partial charge in [0.05, 0.1) is 22.3 Å². The van der Waals surface area contributed by atoms with Gasteiger partial charge in [0.15, 0.2) is 0 Å². The summed E-state index contributed by atoms with van der Waals surface area (Å²) in [6, 6.07) is 0. The SMILES string of the molecule is CC(C)c1nn(C)c(C(C)C=O)c1Cl. The van der Waals surface area contributed by atoms with Crippen LogP contribution in [0, 0.1) is 0 Å². The highest BCUT2D eigenvalue weighted by Gasteiger charge is 2.20. The van der Waals surface area contributed by atoms with Gasteiger partial charge in [-0.3, -0.25) is 4.68 Å². The zero-order valence-electron chi connectivity index (χ0n) is 8.91. The van der Waals surface area contributed by atoms with E-state index in [1.165, 1.54) is 0 Å². The maximum atomic E-state index is 10.7. The molecule has 0 fully saturated rings. The first-order valence-corrected chi connectivity index (χ1v) is 5.04. The van der Waals surface area contributed by atoms with Crippen LogP contribution in [0.2, 0.25) is 5.02 Å². The number of halogens is 1. The average Bonchev–Trinajstić information content (AvgIpc) is 2.41. The molecule has 1 aromatic heterocycles. The zero-order valence-corrected chi connectivity index (χ0v) is 9.67. The number of aromatic nitrogens is 2. The van der Waals surface area contributed by atoms with E-state index < -0.39 is 0 Å². The third-order valence-corrected chi connectivity index (χ3v) is 2.63. The summed E-state index contributed by atoms with van der Waals surface area (Å²) in [7, 11) is 1.81. The van der Waals surface area contributed by atoms with Crippen molar-refractivity contribution in [3.8, 4) is 0 Å². The largest absolute Gasteiger partial charge is 0.303 e. The fourth-order valence-electron chi connectivity index (χ4n) is 1.46. The van der Waals surface area contributed by atoms with Crippen molar-refractivity contribution in [3.63, 3.8) is 0 Å². The lowest BCUT2D eigenvalue weighted by Crippen LogP contribution is -2.03. The van der Waals surface area contributed by atoms with Crippen LogP contribution in [0.3, 0.4) is 0 Å². The van der Waals surface area contributed by atoms with Crippen molar-refractivity contribution in [2.45, 2.75) is 32.6 Å². The molecule has 78 valence electrons. The van der Waals surface area contributed by atoms with Crippen LogP contribution in [0.4, 0.5) is 0 Å². The zero-order chi connectivity index (χ0) is 10.9. The van der Waals surface area contributed by atoms with Gasteiger partial charge in [-0.2, -0.15) is 5.10 Å². The molecule has 0 amide bonds. The number of carbonyl (C=O) groups excluding carboxylic acids is 1. The van der Waals surface area contributed by atoms with Gasteiger partial charge < -0.3 is 4.79 Å². The van der Waals surface area contributed by atoms with E-state index in [1.807, 2.05) is 27.8 Å². The topological polar surface area (TPSA) is 34.9 Å². The number of hydrogen-bond acceptors (Lipinski definition) is 2. The van der Waals surface area contributed by atoms with Gasteiger partial charge in [0.25, 0.3) is 0 Å². The normalized spacial score (nSPS) is 13.3. The molecule has 0 saturated carbocycles. The number of nitrogens with zero attached hydrogens (tertiary/aromatic N) is 2. The molecule has 0 aromatic carbocycles. The Balaban J connectivity index is 3.24. The van der Waals surface area contributed by atoms with Crippen LogP contribution in [0.15, 0.2) is 0 Å². The molecule has 0 spiro atoms. The molecule has 0 N–H and O–H groups in total. The maximum absolute atomic E-state index is 10.7. The first-order valence-electron chi connectivity index (χ1n) is 4.66. The molecular formula is C10H15ClN2O. The third kappa shape index (κ3) is 1.82. The lowest BCUT2D eigenvalue weighted by atomic mass is 10.1. The van der Waals surface area contributed by atoms with Gasteiger partial charge in [-0.25, -0.2) is 0 Å². The highest BCUT2D eigenvalue weighted by Crippen LogP contribution is 2.30. The van der Waals surface area contributed by atoms with E-state index in [1.54, 1.807) is 4.68 Å². The third-order valence-electron chi connectivity index (χ3n) is 2.24. The van der Waals surface area contributed by atoms with Gasteiger partial charge in [0, 0.05) is 7.05 Å². The van der Waals surface area contributed by atoms with E-state index in [0.29, 0.717) is 5.02 Å². The minimum absolute atomic E-state index is 0.201. The first-order chi connectivity index (χ1) is 6.49. The Morgan fingerprint density at radius 1 is 1.43 bits per heavy atom. The molecule has 0 aliphatic heterocycles. The summed E-state index contributed by atoms with van der Waals surface area (Å²) < 4.78 is 1.69. The van der Waals surface area contributed by atoms with Crippen LogP contribution in [0.1, 0.15) is 44.0 Å². The summed E-state index contributed by atoms with van der Waals surface area (Å²) in [5, 5.41) is 4.93. The molecule has 1 atom stereocenters. The molecule has 0 aliphatic carbocycles. The Kier molecular flexibility index (Phi) is 3.32. The van der Waals surface area contributed by atoms with Crippen LogP contribution in [-0.4, -0.2) is 16.1 Å². The quantitative estimate of drug-likeness (QED) is 0.725. The Morgan fingerprint density at radius 2 is 2.00 bits per heavy atom. The first kappa shape index (κ1) is 11.2. The predicted octanol–water partition coefficient (Wildman–Crippen LogP) is 2.50. The second kappa shape index (κ2) is 4.13. The molecule has 4 heteroatoms. The van der Waals surface area contributed by atoms with Crippen molar-refractivity contribution in [3.05, 3.63) is 16.4 Å². The van der Waals surface area contributed by atoms with Gasteiger partial charge in [-0.15, -0.1) is 0 Å². The molecule has 0 aliphatic rings. The monoisotopic (exact) mass is 214 g/mol. The van der Waals surface area contributed by atoms with E-state index in [9.17, 15) is 4.79 Å². The highest BCUT2D eigenvalue weighted by atomic mass is 35.5. The molecule has 1 aromatic rings. The summed E-state index contributed by atoms with van der Waals surface area (Å²) in [4.78, 5) is 10.7. The minimum Gasteiger partial charge on any atom is -0.303 e. The Morgan fingerprint density at radius 3 is 2.36 bits per heavy atom. The summed E-state index contributed by atoms with van der Waals surface area (Å²) >= 11 is 6.16. The number of aldehydes is 1. The van der Waals surface area contributed by atoms with Crippen LogP contribution in [0.25, 0.3) is 0 Å². The molecule has 14 heavy (non-hydrogen) atoms. The lowest BCUT2D eigenvalue weighted by Gasteiger charge is -2.04. The molecule has 0 bridgehead atoms. The highest BCUT2D eigenvalue weighted by molar-refractivity contribution is 6.32. The van der Waals surface area contributed by atoms with Crippen LogP contribution in [0.5, 0.6) is 0 Å².